The monoisotopic (exact) mass is 710 g/mol. The van der Waals surface area contributed by atoms with E-state index >= 15 is 0 Å². The molecule has 268 valence electrons. The van der Waals surface area contributed by atoms with Crippen LogP contribution in [0.5, 0.6) is 0 Å². The van der Waals surface area contributed by atoms with Crippen LogP contribution in [0.3, 0.4) is 0 Å². The van der Waals surface area contributed by atoms with E-state index in [1.54, 1.807) is 0 Å². The zero-order chi connectivity index (χ0) is 37.9. The second kappa shape index (κ2) is 11.9. The second-order valence-corrected chi connectivity index (χ2v) is 17.8. The molecule has 2 aliphatic rings. The summed E-state index contributed by atoms with van der Waals surface area (Å²) in [5, 5.41) is 2.63. The van der Waals surface area contributed by atoms with Crippen LogP contribution in [0, 0.1) is 0 Å². The molecule has 0 amide bonds. The third kappa shape index (κ3) is 4.95. The van der Waals surface area contributed by atoms with E-state index in [1.165, 1.54) is 88.8 Å². The lowest BCUT2D eigenvalue weighted by molar-refractivity contribution is 0.590. The molecule has 10 rings (SSSR count). The fourth-order valence-corrected chi connectivity index (χ4v) is 9.58. The van der Waals surface area contributed by atoms with Gasteiger partial charge in [-0.3, -0.25) is 0 Å². The minimum absolute atomic E-state index is 0.0564. The summed E-state index contributed by atoms with van der Waals surface area (Å²) in [6.07, 6.45) is 0. The highest BCUT2D eigenvalue weighted by atomic mass is 15.2. The van der Waals surface area contributed by atoms with Crippen molar-refractivity contribution in [3.8, 4) is 5.69 Å². The molecule has 1 aromatic heterocycles. The van der Waals surface area contributed by atoms with Crippen molar-refractivity contribution >= 4 is 62.0 Å². The van der Waals surface area contributed by atoms with Crippen molar-refractivity contribution in [2.24, 2.45) is 0 Å². The lowest BCUT2D eigenvalue weighted by atomic mass is 9.33. The standard InChI is InChI=1S/C52H47BN2/c1-50(2,3)38-32-46-48-47(33-38)55-44-24-15-14-21-40(44)41-22-16-23-42(49(41)55)53(48)43-31-37(52(6,7)35-19-12-9-13-20-35)27-30-45(43)54(46)39-28-25-36(26-29-39)51(4,5)34-17-10-8-11-18-34/h8-33H,1-7H3. The van der Waals surface area contributed by atoms with Crippen molar-refractivity contribution in [1.82, 2.24) is 4.57 Å². The number of hydrogen-bond acceptors (Lipinski definition) is 1. The van der Waals surface area contributed by atoms with Crippen LogP contribution >= 0.6 is 0 Å². The highest BCUT2D eigenvalue weighted by Gasteiger charge is 2.43. The number of hydrogen-bond donors (Lipinski definition) is 0. The normalized spacial score (nSPS) is 13.7. The van der Waals surface area contributed by atoms with Crippen molar-refractivity contribution < 1.29 is 0 Å². The highest BCUT2D eigenvalue weighted by Crippen LogP contribution is 2.45. The number of nitrogens with zero attached hydrogens (tertiary/aromatic N) is 2. The largest absolute Gasteiger partial charge is 0.311 e. The average Bonchev–Trinajstić information content (AvgIpc) is 3.54. The van der Waals surface area contributed by atoms with E-state index in [-0.39, 0.29) is 23.0 Å². The molecule has 7 aromatic carbocycles. The minimum Gasteiger partial charge on any atom is -0.311 e. The topological polar surface area (TPSA) is 8.17 Å². The minimum atomic E-state index is -0.180. The number of rotatable bonds is 5. The number of para-hydroxylation sites is 2. The molecule has 0 spiro atoms. The Labute approximate surface area is 326 Å². The Morgan fingerprint density at radius 2 is 0.982 bits per heavy atom. The highest BCUT2D eigenvalue weighted by molar-refractivity contribution is 7.00. The van der Waals surface area contributed by atoms with Gasteiger partial charge in [0.2, 0.25) is 0 Å². The van der Waals surface area contributed by atoms with Crippen LogP contribution in [-0.2, 0) is 16.2 Å². The van der Waals surface area contributed by atoms with E-state index < -0.39 is 0 Å². The van der Waals surface area contributed by atoms with E-state index in [2.05, 4.69) is 216 Å². The van der Waals surface area contributed by atoms with Crippen molar-refractivity contribution in [3.05, 3.63) is 186 Å². The maximum atomic E-state index is 2.58. The number of aromatic nitrogens is 1. The van der Waals surface area contributed by atoms with Crippen LogP contribution in [0.4, 0.5) is 17.1 Å². The van der Waals surface area contributed by atoms with Gasteiger partial charge in [0.05, 0.1) is 5.52 Å². The molecule has 3 heteroatoms. The molecule has 0 fully saturated rings. The van der Waals surface area contributed by atoms with Crippen LogP contribution in [-0.4, -0.2) is 11.3 Å². The predicted octanol–water partition coefficient (Wildman–Crippen LogP) is 11.3. The summed E-state index contributed by atoms with van der Waals surface area (Å²) in [5.74, 6) is 0. The van der Waals surface area contributed by atoms with Crippen molar-refractivity contribution in [1.29, 1.82) is 0 Å². The average molecular weight is 711 g/mol. The molecule has 0 N–H and O–H groups in total. The Morgan fingerprint density at radius 1 is 0.418 bits per heavy atom. The molecule has 0 bridgehead atoms. The summed E-state index contributed by atoms with van der Waals surface area (Å²) in [4.78, 5) is 2.56. The Kier molecular flexibility index (Phi) is 7.27. The summed E-state index contributed by atoms with van der Waals surface area (Å²) in [6, 6.07) is 59.5. The van der Waals surface area contributed by atoms with Crippen LogP contribution in [0.25, 0.3) is 27.5 Å². The van der Waals surface area contributed by atoms with Gasteiger partial charge in [0, 0.05) is 49.9 Å². The molecule has 0 saturated heterocycles. The third-order valence-corrected chi connectivity index (χ3v) is 12.9. The summed E-state index contributed by atoms with van der Waals surface area (Å²) in [6.45, 7) is 16.5. The fourth-order valence-electron chi connectivity index (χ4n) is 9.58. The van der Waals surface area contributed by atoms with E-state index in [4.69, 9.17) is 0 Å². The van der Waals surface area contributed by atoms with Gasteiger partial charge in [0.15, 0.2) is 0 Å². The van der Waals surface area contributed by atoms with E-state index in [9.17, 15) is 0 Å². The summed E-state index contributed by atoms with van der Waals surface area (Å²) in [5.41, 5.74) is 17.9. The van der Waals surface area contributed by atoms with Crippen molar-refractivity contribution in [2.75, 3.05) is 4.90 Å². The molecule has 0 radical (unpaired) electrons. The molecule has 0 atom stereocenters. The summed E-state index contributed by atoms with van der Waals surface area (Å²) < 4.78 is 2.58. The third-order valence-electron chi connectivity index (χ3n) is 12.9. The Balaban J connectivity index is 1.28. The number of benzene rings is 7. The van der Waals surface area contributed by atoms with Crippen LogP contribution < -0.4 is 21.3 Å². The quantitative estimate of drug-likeness (QED) is 0.161. The molecule has 55 heavy (non-hydrogen) atoms. The number of fused-ring (bicyclic) bond motifs is 7. The summed E-state index contributed by atoms with van der Waals surface area (Å²) >= 11 is 0. The Hall–Kier alpha value is -5.80. The Bertz CT molecular complexity index is 2780. The van der Waals surface area contributed by atoms with Crippen LogP contribution in [0.2, 0.25) is 0 Å². The second-order valence-electron chi connectivity index (χ2n) is 17.8. The van der Waals surface area contributed by atoms with Gasteiger partial charge < -0.3 is 9.47 Å². The van der Waals surface area contributed by atoms with Gasteiger partial charge in [-0.1, -0.05) is 170 Å². The summed E-state index contributed by atoms with van der Waals surface area (Å²) in [7, 11) is 0. The molecule has 2 nitrogen and oxygen atoms in total. The van der Waals surface area contributed by atoms with Crippen LogP contribution in [0.1, 0.15) is 76.3 Å². The SMILES string of the molecule is CC(C)(C)c1cc2c3c(c1)-n1c4ccccc4c4cccc(c41)B3c1cc(C(C)(C)c3ccccc3)ccc1N2c1ccc(C(C)(C)c2ccccc2)cc1. The Morgan fingerprint density at radius 3 is 1.65 bits per heavy atom. The van der Waals surface area contributed by atoms with Crippen molar-refractivity contribution in [3.63, 3.8) is 0 Å². The zero-order valence-electron chi connectivity index (χ0n) is 33.0. The number of anilines is 3. The molecule has 3 heterocycles. The van der Waals surface area contributed by atoms with Gasteiger partial charge in [0.1, 0.15) is 0 Å². The van der Waals surface area contributed by atoms with E-state index in [1.807, 2.05) is 0 Å². The van der Waals surface area contributed by atoms with Gasteiger partial charge in [-0.15, -0.1) is 0 Å². The predicted molar refractivity (Wildman–Crippen MR) is 236 cm³/mol. The van der Waals surface area contributed by atoms with Gasteiger partial charge in [-0.25, -0.2) is 0 Å². The fraction of sp³-hybridized carbons (Fsp3) is 0.192. The molecule has 2 aliphatic heterocycles. The first-order chi connectivity index (χ1) is 26.4. The molecular weight excluding hydrogens is 663 g/mol. The first kappa shape index (κ1) is 33.7. The first-order valence-corrected chi connectivity index (χ1v) is 19.8. The molecule has 0 unspecified atom stereocenters. The van der Waals surface area contributed by atoms with Gasteiger partial charge in [-0.05, 0) is 86.0 Å². The van der Waals surface area contributed by atoms with E-state index in [0.29, 0.717) is 0 Å². The molecule has 0 aliphatic carbocycles. The van der Waals surface area contributed by atoms with Crippen LogP contribution in [0.15, 0.2) is 158 Å². The van der Waals surface area contributed by atoms with Gasteiger partial charge in [-0.2, -0.15) is 0 Å². The maximum Gasteiger partial charge on any atom is 0.252 e. The lowest BCUT2D eigenvalue weighted by Gasteiger charge is -2.42. The van der Waals surface area contributed by atoms with E-state index in [0.717, 1.165) is 0 Å². The van der Waals surface area contributed by atoms with Gasteiger partial charge in [0.25, 0.3) is 6.71 Å². The first-order valence-electron chi connectivity index (χ1n) is 19.8. The van der Waals surface area contributed by atoms with Gasteiger partial charge >= 0.3 is 0 Å². The molecular formula is C52H47BN2. The molecule has 0 saturated carbocycles. The molecule has 8 aromatic rings. The van der Waals surface area contributed by atoms with Crippen molar-refractivity contribution in [2.45, 2.75) is 64.7 Å². The smallest absolute Gasteiger partial charge is 0.252 e. The lowest BCUT2D eigenvalue weighted by Crippen LogP contribution is -2.60. The maximum absolute atomic E-state index is 2.58. The zero-order valence-corrected chi connectivity index (χ0v) is 33.0.